The molecule has 5 heteroatoms. The summed E-state index contributed by atoms with van der Waals surface area (Å²) >= 11 is 0. The van der Waals surface area contributed by atoms with Gasteiger partial charge in [-0.1, -0.05) is 37.3 Å². The minimum atomic E-state index is -0.842. The normalized spacial score (nSPS) is 21.9. The van der Waals surface area contributed by atoms with Crippen molar-refractivity contribution in [2.75, 3.05) is 6.54 Å². The number of piperidine rings is 1. The predicted octanol–water partition coefficient (Wildman–Crippen LogP) is 2.90. The standard InChI is InChI=1S/C16H21NO4/c1-2-14-9-8-13(15(18)19)10-17(14)16(20)21-11-12-6-4-3-5-7-12/h3-7,13-14H,2,8-11H2,1H3,(H,18,19)/t13-,14-/m0/s1. The van der Waals surface area contributed by atoms with Gasteiger partial charge in [0, 0.05) is 12.6 Å². The molecule has 2 rings (SSSR count). The summed E-state index contributed by atoms with van der Waals surface area (Å²) < 4.78 is 5.32. The zero-order valence-corrected chi connectivity index (χ0v) is 12.2. The lowest BCUT2D eigenvalue weighted by molar-refractivity contribution is -0.143. The average molecular weight is 291 g/mol. The summed E-state index contributed by atoms with van der Waals surface area (Å²) in [7, 11) is 0. The molecule has 0 aromatic heterocycles. The van der Waals surface area contributed by atoms with E-state index in [9.17, 15) is 9.59 Å². The number of carboxylic acid groups (broad SMARTS) is 1. The Hall–Kier alpha value is -2.04. The lowest BCUT2D eigenvalue weighted by Crippen LogP contribution is -2.48. The summed E-state index contributed by atoms with van der Waals surface area (Å²) in [5.74, 6) is -1.33. The highest BCUT2D eigenvalue weighted by Gasteiger charge is 2.34. The molecule has 0 aliphatic carbocycles. The molecule has 21 heavy (non-hydrogen) atoms. The number of hydrogen-bond donors (Lipinski definition) is 1. The van der Waals surface area contributed by atoms with Crippen molar-refractivity contribution >= 4 is 12.1 Å². The number of carbonyl (C=O) groups excluding carboxylic acids is 1. The third kappa shape index (κ3) is 3.97. The second-order valence-electron chi connectivity index (χ2n) is 5.37. The number of carboxylic acids is 1. The van der Waals surface area contributed by atoms with Crippen LogP contribution in [0.1, 0.15) is 31.7 Å². The fourth-order valence-corrected chi connectivity index (χ4v) is 2.68. The van der Waals surface area contributed by atoms with Crippen LogP contribution in [0.4, 0.5) is 4.79 Å². The molecule has 0 unspecified atom stereocenters. The number of likely N-dealkylation sites (tertiary alicyclic amines) is 1. The first-order valence-corrected chi connectivity index (χ1v) is 7.32. The maximum absolute atomic E-state index is 12.2. The highest BCUT2D eigenvalue weighted by atomic mass is 16.6. The van der Waals surface area contributed by atoms with Crippen LogP contribution < -0.4 is 0 Å². The van der Waals surface area contributed by atoms with Gasteiger partial charge in [-0.15, -0.1) is 0 Å². The number of nitrogens with zero attached hydrogens (tertiary/aromatic N) is 1. The van der Waals surface area contributed by atoms with Crippen molar-refractivity contribution < 1.29 is 19.4 Å². The van der Waals surface area contributed by atoms with E-state index >= 15 is 0 Å². The van der Waals surface area contributed by atoms with Crippen LogP contribution in [0.15, 0.2) is 30.3 Å². The fourth-order valence-electron chi connectivity index (χ4n) is 2.68. The van der Waals surface area contributed by atoms with E-state index in [1.54, 1.807) is 4.90 Å². The molecule has 5 nitrogen and oxygen atoms in total. The Morgan fingerprint density at radius 2 is 2.00 bits per heavy atom. The Balaban J connectivity index is 1.96. The first kappa shape index (κ1) is 15.4. The molecule has 0 radical (unpaired) electrons. The monoisotopic (exact) mass is 291 g/mol. The van der Waals surface area contributed by atoms with Crippen LogP contribution in [0, 0.1) is 5.92 Å². The summed E-state index contributed by atoms with van der Waals surface area (Å²) in [5.41, 5.74) is 0.922. The number of amides is 1. The Morgan fingerprint density at radius 3 is 2.62 bits per heavy atom. The van der Waals surface area contributed by atoms with Gasteiger partial charge in [-0.25, -0.2) is 4.79 Å². The first-order chi connectivity index (χ1) is 10.1. The molecule has 1 saturated heterocycles. The third-order valence-corrected chi connectivity index (χ3v) is 3.97. The van der Waals surface area contributed by atoms with Gasteiger partial charge < -0.3 is 14.7 Å². The molecule has 1 heterocycles. The van der Waals surface area contributed by atoms with Gasteiger partial charge in [0.1, 0.15) is 6.61 Å². The van der Waals surface area contributed by atoms with E-state index in [1.165, 1.54) is 0 Å². The van der Waals surface area contributed by atoms with Crippen molar-refractivity contribution in [3.05, 3.63) is 35.9 Å². The van der Waals surface area contributed by atoms with Crippen molar-refractivity contribution in [3.63, 3.8) is 0 Å². The lowest BCUT2D eigenvalue weighted by atomic mass is 9.92. The SMILES string of the molecule is CC[C@H]1CC[C@H](C(=O)O)CN1C(=O)OCc1ccccc1. The van der Waals surface area contributed by atoms with Gasteiger partial charge in [0.05, 0.1) is 5.92 Å². The van der Waals surface area contributed by atoms with Gasteiger partial charge in [-0.3, -0.25) is 4.79 Å². The second kappa shape index (κ2) is 7.11. The van der Waals surface area contributed by atoms with Crippen molar-refractivity contribution in [1.82, 2.24) is 4.90 Å². The van der Waals surface area contributed by atoms with Gasteiger partial charge in [0.2, 0.25) is 0 Å². The second-order valence-corrected chi connectivity index (χ2v) is 5.37. The van der Waals surface area contributed by atoms with Crippen LogP contribution in [0.5, 0.6) is 0 Å². The van der Waals surface area contributed by atoms with E-state index in [-0.39, 0.29) is 19.2 Å². The number of carbonyl (C=O) groups is 2. The van der Waals surface area contributed by atoms with Gasteiger partial charge in [-0.05, 0) is 24.8 Å². The maximum atomic E-state index is 12.2. The number of hydrogen-bond acceptors (Lipinski definition) is 3. The van der Waals surface area contributed by atoms with E-state index in [0.717, 1.165) is 12.0 Å². The van der Waals surface area contributed by atoms with E-state index in [0.29, 0.717) is 12.8 Å². The quantitative estimate of drug-likeness (QED) is 0.926. The highest BCUT2D eigenvalue weighted by molar-refractivity contribution is 5.73. The topological polar surface area (TPSA) is 66.8 Å². The van der Waals surface area contributed by atoms with Crippen LogP contribution in [0.2, 0.25) is 0 Å². The summed E-state index contributed by atoms with van der Waals surface area (Å²) in [5, 5.41) is 9.13. The van der Waals surface area contributed by atoms with Gasteiger partial charge in [0.15, 0.2) is 0 Å². The smallest absolute Gasteiger partial charge is 0.410 e. The average Bonchev–Trinajstić information content (AvgIpc) is 2.52. The molecule has 1 aromatic carbocycles. The molecule has 1 N–H and O–H groups in total. The molecule has 114 valence electrons. The van der Waals surface area contributed by atoms with Crippen LogP contribution in [-0.4, -0.2) is 34.7 Å². The third-order valence-electron chi connectivity index (χ3n) is 3.97. The number of rotatable bonds is 4. The van der Waals surface area contributed by atoms with E-state index in [1.807, 2.05) is 37.3 Å². The summed E-state index contributed by atoms with van der Waals surface area (Å²) in [6, 6.07) is 9.53. The Kier molecular flexibility index (Phi) is 5.20. The molecule has 0 saturated carbocycles. The molecule has 2 atom stereocenters. The number of ether oxygens (including phenoxy) is 1. The minimum Gasteiger partial charge on any atom is -0.481 e. The molecule has 1 aromatic rings. The van der Waals surface area contributed by atoms with Crippen LogP contribution in [0.3, 0.4) is 0 Å². The summed E-state index contributed by atoms with van der Waals surface area (Å²) in [4.78, 5) is 24.9. The molecule has 1 fully saturated rings. The van der Waals surface area contributed by atoms with Crippen LogP contribution in [0.25, 0.3) is 0 Å². The molecule has 1 aliphatic rings. The Morgan fingerprint density at radius 1 is 1.29 bits per heavy atom. The van der Waals surface area contributed by atoms with Crippen LogP contribution in [-0.2, 0) is 16.1 Å². The number of benzene rings is 1. The molecule has 0 spiro atoms. The fraction of sp³-hybridized carbons (Fsp3) is 0.500. The zero-order chi connectivity index (χ0) is 15.2. The van der Waals surface area contributed by atoms with Gasteiger partial charge in [0.25, 0.3) is 0 Å². The molecular weight excluding hydrogens is 270 g/mol. The maximum Gasteiger partial charge on any atom is 0.410 e. The summed E-state index contributed by atoms with van der Waals surface area (Å²) in [6.07, 6.45) is 1.73. The van der Waals surface area contributed by atoms with Crippen molar-refractivity contribution in [2.24, 2.45) is 5.92 Å². The van der Waals surface area contributed by atoms with E-state index in [2.05, 4.69) is 0 Å². The first-order valence-electron chi connectivity index (χ1n) is 7.32. The van der Waals surface area contributed by atoms with E-state index in [4.69, 9.17) is 9.84 Å². The molecular formula is C16H21NO4. The Labute approximate surface area is 124 Å². The predicted molar refractivity (Wildman–Crippen MR) is 77.8 cm³/mol. The van der Waals surface area contributed by atoms with Gasteiger partial charge in [-0.2, -0.15) is 0 Å². The Bertz CT molecular complexity index is 488. The van der Waals surface area contributed by atoms with Crippen molar-refractivity contribution in [1.29, 1.82) is 0 Å². The summed E-state index contributed by atoms with van der Waals surface area (Å²) in [6.45, 7) is 2.45. The van der Waals surface area contributed by atoms with Crippen molar-refractivity contribution in [2.45, 2.75) is 38.8 Å². The van der Waals surface area contributed by atoms with Crippen LogP contribution >= 0.6 is 0 Å². The largest absolute Gasteiger partial charge is 0.481 e. The highest BCUT2D eigenvalue weighted by Crippen LogP contribution is 2.25. The zero-order valence-electron chi connectivity index (χ0n) is 12.2. The molecule has 0 bridgehead atoms. The molecule has 1 amide bonds. The van der Waals surface area contributed by atoms with E-state index < -0.39 is 18.0 Å². The minimum absolute atomic E-state index is 0.0730. The van der Waals surface area contributed by atoms with Crippen molar-refractivity contribution in [3.8, 4) is 0 Å². The molecule has 1 aliphatic heterocycles. The van der Waals surface area contributed by atoms with Gasteiger partial charge >= 0.3 is 12.1 Å². The lowest BCUT2D eigenvalue weighted by Gasteiger charge is -2.37. The number of aliphatic carboxylic acids is 1.